The maximum atomic E-state index is 13.1. The number of hydrogen-bond donors (Lipinski definition) is 1. The summed E-state index contributed by atoms with van der Waals surface area (Å²) in [6.07, 6.45) is 0. The molecule has 18 heavy (non-hydrogen) atoms. The average Bonchev–Trinajstić information content (AvgIpc) is 2.71. The van der Waals surface area contributed by atoms with Crippen LogP contribution < -0.4 is 0 Å². The minimum Gasteiger partial charge on any atom is -0.507 e. The number of aromatic hydroxyl groups is 1. The SMILES string of the molecule is Oc1cc(F)ccc1-c1nc2ccc(F)cc2s1. The molecule has 90 valence electrons. The number of thiazole rings is 1. The highest BCUT2D eigenvalue weighted by molar-refractivity contribution is 7.21. The van der Waals surface area contributed by atoms with Crippen LogP contribution in [0.4, 0.5) is 8.78 Å². The van der Waals surface area contributed by atoms with Crippen molar-refractivity contribution in [1.29, 1.82) is 0 Å². The number of aromatic nitrogens is 1. The Labute approximate surface area is 105 Å². The summed E-state index contributed by atoms with van der Waals surface area (Å²) in [5.41, 5.74) is 1.10. The molecule has 3 rings (SSSR count). The van der Waals surface area contributed by atoms with Crippen LogP contribution in [-0.2, 0) is 0 Å². The van der Waals surface area contributed by atoms with E-state index in [1.807, 2.05) is 0 Å². The number of benzene rings is 2. The Morgan fingerprint density at radius 1 is 1.00 bits per heavy atom. The van der Waals surface area contributed by atoms with Crippen molar-refractivity contribution < 1.29 is 13.9 Å². The van der Waals surface area contributed by atoms with E-state index in [1.165, 1.54) is 35.6 Å². The van der Waals surface area contributed by atoms with Gasteiger partial charge >= 0.3 is 0 Å². The summed E-state index contributed by atoms with van der Waals surface area (Å²) in [6, 6.07) is 8.03. The van der Waals surface area contributed by atoms with E-state index in [9.17, 15) is 13.9 Å². The topological polar surface area (TPSA) is 33.1 Å². The molecular formula is C13H7F2NOS. The van der Waals surface area contributed by atoms with Crippen LogP contribution in [0.1, 0.15) is 0 Å². The Balaban J connectivity index is 2.19. The Morgan fingerprint density at radius 3 is 2.50 bits per heavy atom. The molecule has 0 spiro atoms. The summed E-state index contributed by atoms with van der Waals surface area (Å²) in [7, 11) is 0. The van der Waals surface area contributed by atoms with Gasteiger partial charge in [-0.25, -0.2) is 13.8 Å². The Bertz CT molecular complexity index is 739. The highest BCUT2D eigenvalue weighted by Gasteiger charge is 2.11. The van der Waals surface area contributed by atoms with Gasteiger partial charge in [0.1, 0.15) is 22.4 Å². The van der Waals surface area contributed by atoms with Crippen LogP contribution in [0.25, 0.3) is 20.8 Å². The molecule has 0 radical (unpaired) electrons. The fourth-order valence-electron chi connectivity index (χ4n) is 1.70. The molecule has 2 nitrogen and oxygen atoms in total. The van der Waals surface area contributed by atoms with Crippen molar-refractivity contribution in [2.75, 3.05) is 0 Å². The number of phenolic OH excluding ortho intramolecular Hbond substituents is 1. The largest absolute Gasteiger partial charge is 0.507 e. The van der Waals surface area contributed by atoms with Crippen molar-refractivity contribution in [2.45, 2.75) is 0 Å². The number of rotatable bonds is 1. The van der Waals surface area contributed by atoms with Crippen LogP contribution >= 0.6 is 11.3 Å². The molecule has 0 aliphatic heterocycles. The van der Waals surface area contributed by atoms with Gasteiger partial charge in [0.15, 0.2) is 0 Å². The predicted molar refractivity (Wildman–Crippen MR) is 66.6 cm³/mol. The van der Waals surface area contributed by atoms with Crippen LogP contribution in [-0.4, -0.2) is 10.1 Å². The third kappa shape index (κ3) is 1.82. The van der Waals surface area contributed by atoms with E-state index < -0.39 is 5.82 Å². The Hall–Kier alpha value is -2.01. The van der Waals surface area contributed by atoms with E-state index >= 15 is 0 Å². The van der Waals surface area contributed by atoms with Gasteiger partial charge in [-0.05, 0) is 30.3 Å². The minimum absolute atomic E-state index is 0.172. The smallest absolute Gasteiger partial charge is 0.128 e. The molecule has 0 unspecified atom stereocenters. The lowest BCUT2D eigenvalue weighted by molar-refractivity contribution is 0.471. The molecule has 1 N–H and O–H groups in total. The normalized spacial score (nSPS) is 11.0. The molecule has 0 fully saturated rings. The first kappa shape index (κ1) is 11.1. The van der Waals surface area contributed by atoms with E-state index in [0.717, 1.165) is 6.07 Å². The summed E-state index contributed by atoms with van der Waals surface area (Å²) < 4.78 is 26.6. The highest BCUT2D eigenvalue weighted by Crippen LogP contribution is 2.35. The van der Waals surface area contributed by atoms with E-state index in [1.54, 1.807) is 6.07 Å². The fourth-order valence-corrected chi connectivity index (χ4v) is 2.72. The second kappa shape index (κ2) is 4.03. The number of hydrogen-bond acceptors (Lipinski definition) is 3. The zero-order chi connectivity index (χ0) is 12.7. The van der Waals surface area contributed by atoms with Crippen molar-refractivity contribution in [2.24, 2.45) is 0 Å². The first-order chi connectivity index (χ1) is 8.63. The fraction of sp³-hybridized carbons (Fsp3) is 0. The molecule has 0 amide bonds. The molecule has 2 aromatic carbocycles. The second-order valence-electron chi connectivity index (χ2n) is 3.79. The average molecular weight is 263 g/mol. The third-order valence-corrected chi connectivity index (χ3v) is 3.59. The van der Waals surface area contributed by atoms with Gasteiger partial charge in [0.25, 0.3) is 0 Å². The molecule has 0 saturated heterocycles. The summed E-state index contributed by atoms with van der Waals surface area (Å²) in [5, 5.41) is 10.2. The number of fused-ring (bicyclic) bond motifs is 1. The second-order valence-corrected chi connectivity index (χ2v) is 4.82. The Morgan fingerprint density at radius 2 is 1.72 bits per heavy atom. The number of halogens is 2. The van der Waals surface area contributed by atoms with Gasteiger partial charge in [-0.1, -0.05) is 0 Å². The van der Waals surface area contributed by atoms with Crippen molar-refractivity contribution in [3.63, 3.8) is 0 Å². The van der Waals surface area contributed by atoms with Gasteiger partial charge in [-0.15, -0.1) is 11.3 Å². The van der Waals surface area contributed by atoms with Crippen LogP contribution in [0.5, 0.6) is 5.75 Å². The van der Waals surface area contributed by atoms with E-state index in [0.29, 0.717) is 20.8 Å². The van der Waals surface area contributed by atoms with E-state index in [2.05, 4.69) is 4.98 Å². The summed E-state index contributed by atoms with van der Waals surface area (Å²) in [4.78, 5) is 4.28. The maximum Gasteiger partial charge on any atom is 0.128 e. The molecule has 0 atom stereocenters. The predicted octanol–water partition coefficient (Wildman–Crippen LogP) is 3.95. The summed E-state index contributed by atoms with van der Waals surface area (Å²) in [5.74, 6) is -1.01. The van der Waals surface area contributed by atoms with Crippen molar-refractivity contribution in [3.8, 4) is 16.3 Å². The lowest BCUT2D eigenvalue weighted by atomic mass is 10.2. The lowest BCUT2D eigenvalue weighted by Gasteiger charge is -1.99. The summed E-state index contributed by atoms with van der Waals surface area (Å²) >= 11 is 1.25. The molecule has 0 saturated carbocycles. The van der Waals surface area contributed by atoms with Crippen LogP contribution in [0.2, 0.25) is 0 Å². The third-order valence-electron chi connectivity index (χ3n) is 2.54. The first-order valence-electron chi connectivity index (χ1n) is 5.18. The first-order valence-corrected chi connectivity index (χ1v) is 6.00. The number of phenols is 1. The zero-order valence-corrected chi connectivity index (χ0v) is 9.84. The molecule has 1 heterocycles. The monoisotopic (exact) mass is 263 g/mol. The molecular weight excluding hydrogens is 256 g/mol. The van der Waals surface area contributed by atoms with Gasteiger partial charge in [-0.2, -0.15) is 0 Å². The quantitative estimate of drug-likeness (QED) is 0.721. The molecule has 1 aromatic heterocycles. The maximum absolute atomic E-state index is 13.1. The lowest BCUT2D eigenvalue weighted by Crippen LogP contribution is -1.79. The number of nitrogens with zero attached hydrogens (tertiary/aromatic N) is 1. The van der Waals surface area contributed by atoms with Crippen LogP contribution in [0.15, 0.2) is 36.4 Å². The van der Waals surface area contributed by atoms with Crippen molar-refractivity contribution >= 4 is 21.6 Å². The van der Waals surface area contributed by atoms with E-state index in [4.69, 9.17) is 0 Å². The standard InChI is InChI=1S/C13H7F2NOS/c14-7-1-3-9(11(17)5-7)13-16-10-4-2-8(15)6-12(10)18-13/h1-6,17H. The van der Waals surface area contributed by atoms with Crippen molar-refractivity contribution in [1.82, 2.24) is 4.98 Å². The van der Waals surface area contributed by atoms with Crippen LogP contribution in [0, 0.1) is 11.6 Å². The molecule has 0 bridgehead atoms. The molecule has 5 heteroatoms. The van der Waals surface area contributed by atoms with Gasteiger partial charge in [-0.3, -0.25) is 0 Å². The molecule has 3 aromatic rings. The van der Waals surface area contributed by atoms with Gasteiger partial charge in [0.2, 0.25) is 0 Å². The van der Waals surface area contributed by atoms with Crippen LogP contribution in [0.3, 0.4) is 0 Å². The Kier molecular flexibility index (Phi) is 2.48. The molecule has 0 aliphatic rings. The highest BCUT2D eigenvalue weighted by atomic mass is 32.1. The van der Waals surface area contributed by atoms with Gasteiger partial charge in [0.05, 0.1) is 15.8 Å². The zero-order valence-electron chi connectivity index (χ0n) is 9.02. The van der Waals surface area contributed by atoms with Gasteiger partial charge in [0, 0.05) is 6.07 Å². The summed E-state index contributed by atoms with van der Waals surface area (Å²) in [6.45, 7) is 0. The minimum atomic E-state index is -0.511. The molecule has 0 aliphatic carbocycles. The van der Waals surface area contributed by atoms with E-state index in [-0.39, 0.29) is 11.6 Å². The van der Waals surface area contributed by atoms with Crippen molar-refractivity contribution in [3.05, 3.63) is 48.0 Å². The van der Waals surface area contributed by atoms with Gasteiger partial charge < -0.3 is 5.11 Å².